The summed E-state index contributed by atoms with van der Waals surface area (Å²) < 4.78 is 0. The summed E-state index contributed by atoms with van der Waals surface area (Å²) in [6, 6.07) is 21.5. The van der Waals surface area contributed by atoms with Gasteiger partial charge in [-0.2, -0.15) is 5.26 Å². The fourth-order valence-electron chi connectivity index (χ4n) is 2.18. The molecule has 0 bridgehead atoms. The Morgan fingerprint density at radius 2 is 1.68 bits per heavy atom. The molecule has 1 heterocycles. The number of hydrogen-bond acceptors (Lipinski definition) is 4. The first-order valence-corrected chi connectivity index (χ1v) is 7.59. The number of nitrogens with zero attached hydrogens (tertiary/aromatic N) is 2. The number of rotatable bonds is 4. The number of nitrogens with one attached hydrogen (secondary N) is 3. The molecule has 0 atom stereocenters. The maximum Gasteiger partial charge on any atom is 0.324 e. The number of anilines is 4. The largest absolute Gasteiger partial charge is 0.354 e. The maximum absolute atomic E-state index is 11.9. The summed E-state index contributed by atoms with van der Waals surface area (Å²) in [6.45, 7) is 0. The summed E-state index contributed by atoms with van der Waals surface area (Å²) in [6.07, 6.45) is 1.61. The molecule has 1 aromatic heterocycles. The van der Waals surface area contributed by atoms with Crippen molar-refractivity contribution in [3.63, 3.8) is 0 Å². The molecular formula is C19H15N5O. The lowest BCUT2D eigenvalue weighted by atomic mass is 10.2. The Balaban J connectivity index is 1.60. The van der Waals surface area contributed by atoms with E-state index in [9.17, 15) is 4.79 Å². The zero-order valence-electron chi connectivity index (χ0n) is 13.2. The van der Waals surface area contributed by atoms with Gasteiger partial charge >= 0.3 is 6.03 Å². The highest BCUT2D eigenvalue weighted by molar-refractivity contribution is 5.99. The third-order valence-electron chi connectivity index (χ3n) is 3.32. The zero-order valence-corrected chi connectivity index (χ0v) is 13.2. The molecule has 3 N–H and O–H groups in total. The average Bonchev–Trinajstić information content (AvgIpc) is 2.64. The molecule has 0 fully saturated rings. The van der Waals surface area contributed by atoms with Gasteiger partial charge in [0.05, 0.1) is 23.5 Å². The van der Waals surface area contributed by atoms with Crippen LogP contribution in [-0.4, -0.2) is 11.0 Å². The average molecular weight is 329 g/mol. The van der Waals surface area contributed by atoms with Crippen LogP contribution in [0.3, 0.4) is 0 Å². The van der Waals surface area contributed by atoms with Crippen molar-refractivity contribution in [2.75, 3.05) is 16.0 Å². The van der Waals surface area contributed by atoms with Crippen LogP contribution < -0.4 is 16.0 Å². The van der Waals surface area contributed by atoms with Crippen LogP contribution in [0.15, 0.2) is 72.9 Å². The van der Waals surface area contributed by atoms with Crippen LogP contribution in [0.4, 0.5) is 27.7 Å². The van der Waals surface area contributed by atoms with E-state index >= 15 is 0 Å². The predicted octanol–water partition coefficient (Wildman–Crippen LogP) is 4.34. The molecule has 0 radical (unpaired) electrons. The lowest BCUT2D eigenvalue weighted by Crippen LogP contribution is -2.19. The fourth-order valence-corrected chi connectivity index (χ4v) is 2.18. The van der Waals surface area contributed by atoms with E-state index in [1.807, 2.05) is 24.3 Å². The van der Waals surface area contributed by atoms with E-state index in [4.69, 9.17) is 5.26 Å². The number of amides is 2. The van der Waals surface area contributed by atoms with E-state index in [1.54, 1.807) is 48.7 Å². The number of benzene rings is 2. The maximum atomic E-state index is 11.9. The van der Waals surface area contributed by atoms with Crippen molar-refractivity contribution in [3.8, 4) is 6.07 Å². The quantitative estimate of drug-likeness (QED) is 0.664. The summed E-state index contributed by atoms with van der Waals surface area (Å²) >= 11 is 0. The van der Waals surface area contributed by atoms with Gasteiger partial charge in [-0.15, -0.1) is 0 Å². The van der Waals surface area contributed by atoms with Gasteiger partial charge in [0.2, 0.25) is 0 Å². The highest BCUT2D eigenvalue weighted by atomic mass is 16.2. The van der Waals surface area contributed by atoms with Gasteiger partial charge in [0.1, 0.15) is 5.82 Å². The second kappa shape index (κ2) is 7.62. The standard InChI is InChI=1S/C19H15N5O/c20-12-14-5-4-8-16(11-14)22-17-9-10-18(21-13-17)24-19(25)23-15-6-2-1-3-7-15/h1-11,13,22H,(H2,21,23,24,25). The van der Waals surface area contributed by atoms with E-state index in [-0.39, 0.29) is 6.03 Å². The van der Waals surface area contributed by atoms with Crippen LogP contribution in [0.25, 0.3) is 0 Å². The van der Waals surface area contributed by atoms with E-state index in [0.717, 1.165) is 11.4 Å². The van der Waals surface area contributed by atoms with Crippen molar-refractivity contribution in [2.45, 2.75) is 0 Å². The van der Waals surface area contributed by atoms with E-state index in [0.29, 0.717) is 17.1 Å². The van der Waals surface area contributed by atoms with Gasteiger partial charge in [-0.3, -0.25) is 5.32 Å². The molecule has 6 heteroatoms. The van der Waals surface area contributed by atoms with Crippen molar-refractivity contribution in [3.05, 3.63) is 78.5 Å². The first kappa shape index (κ1) is 16.0. The minimum atomic E-state index is -0.360. The summed E-state index contributed by atoms with van der Waals surface area (Å²) in [7, 11) is 0. The van der Waals surface area contributed by atoms with E-state index in [1.165, 1.54) is 0 Å². The zero-order chi connectivity index (χ0) is 17.5. The smallest absolute Gasteiger partial charge is 0.324 e. The minimum absolute atomic E-state index is 0.360. The molecule has 0 saturated heterocycles. The van der Waals surface area contributed by atoms with Gasteiger partial charge in [0.25, 0.3) is 0 Å². The Morgan fingerprint density at radius 1 is 0.880 bits per heavy atom. The lowest BCUT2D eigenvalue weighted by Gasteiger charge is -2.09. The van der Waals surface area contributed by atoms with Crippen LogP contribution in [0.5, 0.6) is 0 Å². The molecule has 3 aromatic rings. The highest BCUT2D eigenvalue weighted by Crippen LogP contribution is 2.18. The van der Waals surface area contributed by atoms with Crippen molar-refractivity contribution in [1.82, 2.24) is 4.98 Å². The number of hydrogen-bond donors (Lipinski definition) is 3. The number of carbonyl (C=O) groups is 1. The molecule has 6 nitrogen and oxygen atoms in total. The molecule has 2 amide bonds. The first-order chi connectivity index (χ1) is 12.2. The molecule has 0 unspecified atom stereocenters. The summed E-state index contributed by atoms with van der Waals surface area (Å²) in [5, 5.41) is 17.5. The molecule has 25 heavy (non-hydrogen) atoms. The predicted molar refractivity (Wildman–Crippen MR) is 97.8 cm³/mol. The van der Waals surface area contributed by atoms with Crippen molar-refractivity contribution >= 4 is 28.9 Å². The molecule has 0 aliphatic rings. The topological polar surface area (TPSA) is 89.8 Å². The number of urea groups is 1. The molecule has 0 aliphatic heterocycles. The number of aromatic nitrogens is 1. The van der Waals surface area contributed by atoms with Gasteiger partial charge in [0, 0.05) is 11.4 Å². The molecule has 0 spiro atoms. The van der Waals surface area contributed by atoms with Gasteiger partial charge in [0.15, 0.2) is 0 Å². The van der Waals surface area contributed by atoms with Crippen LogP contribution in [0.1, 0.15) is 5.56 Å². The monoisotopic (exact) mass is 329 g/mol. The van der Waals surface area contributed by atoms with Crippen molar-refractivity contribution < 1.29 is 4.79 Å². The molecule has 3 rings (SSSR count). The first-order valence-electron chi connectivity index (χ1n) is 7.59. The van der Waals surface area contributed by atoms with Crippen molar-refractivity contribution in [2.24, 2.45) is 0 Å². The van der Waals surface area contributed by atoms with Crippen LogP contribution in [0, 0.1) is 11.3 Å². The molecule has 2 aromatic carbocycles. The Morgan fingerprint density at radius 3 is 2.40 bits per heavy atom. The van der Waals surface area contributed by atoms with Gasteiger partial charge in [-0.25, -0.2) is 9.78 Å². The molecule has 122 valence electrons. The summed E-state index contributed by atoms with van der Waals surface area (Å²) in [5.74, 6) is 0.435. The normalized spacial score (nSPS) is 9.72. The third-order valence-corrected chi connectivity index (χ3v) is 3.32. The van der Waals surface area contributed by atoms with E-state index in [2.05, 4.69) is 27.0 Å². The van der Waals surface area contributed by atoms with Crippen LogP contribution >= 0.6 is 0 Å². The Kier molecular flexibility index (Phi) is 4.88. The van der Waals surface area contributed by atoms with Crippen LogP contribution in [0.2, 0.25) is 0 Å². The lowest BCUT2D eigenvalue weighted by molar-refractivity contribution is 0.262. The summed E-state index contributed by atoms with van der Waals surface area (Å²) in [4.78, 5) is 16.1. The Bertz CT molecular complexity index is 901. The number of pyridine rings is 1. The van der Waals surface area contributed by atoms with Crippen molar-refractivity contribution in [1.29, 1.82) is 5.26 Å². The Labute approximate surface area is 145 Å². The second-order valence-corrected chi connectivity index (χ2v) is 5.19. The summed E-state index contributed by atoms with van der Waals surface area (Å²) in [5.41, 5.74) is 2.83. The number of para-hydroxylation sites is 1. The van der Waals surface area contributed by atoms with Gasteiger partial charge in [-0.1, -0.05) is 24.3 Å². The van der Waals surface area contributed by atoms with Gasteiger partial charge in [-0.05, 0) is 42.5 Å². The molecular weight excluding hydrogens is 314 g/mol. The molecule has 0 saturated carbocycles. The fraction of sp³-hybridized carbons (Fsp3) is 0. The highest BCUT2D eigenvalue weighted by Gasteiger charge is 2.04. The van der Waals surface area contributed by atoms with E-state index < -0.39 is 0 Å². The minimum Gasteiger partial charge on any atom is -0.354 e. The van der Waals surface area contributed by atoms with Crippen LogP contribution in [-0.2, 0) is 0 Å². The number of carbonyl (C=O) groups excluding carboxylic acids is 1. The number of nitriles is 1. The Hall–Kier alpha value is -3.85. The van der Waals surface area contributed by atoms with Gasteiger partial charge < -0.3 is 10.6 Å². The SMILES string of the molecule is N#Cc1cccc(Nc2ccc(NC(=O)Nc3ccccc3)nc2)c1. The molecule has 0 aliphatic carbocycles. The third kappa shape index (κ3) is 4.56. The second-order valence-electron chi connectivity index (χ2n) is 5.19.